The summed E-state index contributed by atoms with van der Waals surface area (Å²) in [7, 11) is 0. The van der Waals surface area contributed by atoms with Gasteiger partial charge in [0.25, 0.3) is 5.69 Å². The summed E-state index contributed by atoms with van der Waals surface area (Å²) in [5.74, 6) is -1.59. The fourth-order valence-electron chi connectivity index (χ4n) is 3.68. The predicted octanol–water partition coefficient (Wildman–Crippen LogP) is 6.69. The summed E-state index contributed by atoms with van der Waals surface area (Å²) in [6.45, 7) is 2.19. The quantitative estimate of drug-likeness (QED) is 0.112. The summed E-state index contributed by atoms with van der Waals surface area (Å²) in [4.78, 5) is 34.5. The maximum absolute atomic E-state index is 12.5. The summed E-state index contributed by atoms with van der Waals surface area (Å²) < 4.78 is 5.40. The van der Waals surface area contributed by atoms with Crippen LogP contribution in [0.15, 0.2) is 66.7 Å². The second-order valence-electron chi connectivity index (χ2n) is 8.07. The molecule has 0 bridgehead atoms. The number of carboxylic acids is 1. The Hall–Kier alpha value is -4.00. The summed E-state index contributed by atoms with van der Waals surface area (Å²) in [6, 6.07) is 17.2. The molecule has 7 heteroatoms. The topological polar surface area (TPSA) is 107 Å². The van der Waals surface area contributed by atoms with Crippen molar-refractivity contribution < 1.29 is 24.4 Å². The zero-order valence-corrected chi connectivity index (χ0v) is 19.0. The molecule has 0 unspecified atom stereocenters. The molecule has 0 saturated carbocycles. The second-order valence-corrected chi connectivity index (χ2v) is 8.07. The van der Waals surface area contributed by atoms with Crippen molar-refractivity contribution in [3.05, 3.63) is 93.5 Å². The molecule has 0 spiro atoms. The normalized spacial score (nSPS) is 10.6. The minimum atomic E-state index is -1.08. The molecular formula is C27H27NO6. The van der Waals surface area contributed by atoms with E-state index in [1.165, 1.54) is 73.7 Å². The third kappa shape index (κ3) is 6.51. The van der Waals surface area contributed by atoms with Gasteiger partial charge < -0.3 is 9.84 Å². The third-order valence-corrected chi connectivity index (χ3v) is 5.58. The Morgan fingerprint density at radius 2 is 1.59 bits per heavy atom. The molecule has 176 valence electrons. The van der Waals surface area contributed by atoms with E-state index in [2.05, 4.69) is 6.92 Å². The van der Waals surface area contributed by atoms with Crippen LogP contribution in [0.1, 0.15) is 65.3 Å². The van der Waals surface area contributed by atoms with E-state index in [9.17, 15) is 24.8 Å². The van der Waals surface area contributed by atoms with Gasteiger partial charge in [-0.05, 0) is 59.9 Å². The predicted molar refractivity (Wildman–Crippen MR) is 129 cm³/mol. The van der Waals surface area contributed by atoms with Gasteiger partial charge in [-0.3, -0.25) is 10.1 Å². The number of nitro groups is 1. The van der Waals surface area contributed by atoms with Crippen LogP contribution in [0.5, 0.6) is 5.75 Å². The van der Waals surface area contributed by atoms with Crippen LogP contribution in [0.4, 0.5) is 5.69 Å². The van der Waals surface area contributed by atoms with Crippen molar-refractivity contribution in [1.82, 2.24) is 0 Å². The van der Waals surface area contributed by atoms with Gasteiger partial charge in [-0.2, -0.15) is 0 Å². The van der Waals surface area contributed by atoms with Gasteiger partial charge in [-0.1, -0.05) is 56.9 Å². The molecule has 0 aliphatic rings. The lowest BCUT2D eigenvalue weighted by atomic mass is 9.97. The Kier molecular flexibility index (Phi) is 8.51. The highest BCUT2D eigenvalue weighted by Crippen LogP contribution is 2.29. The lowest BCUT2D eigenvalue weighted by molar-refractivity contribution is -0.384. The highest BCUT2D eigenvalue weighted by Gasteiger charge is 2.16. The first-order chi connectivity index (χ1) is 16.4. The molecule has 0 atom stereocenters. The monoisotopic (exact) mass is 461 g/mol. The highest BCUT2D eigenvalue weighted by atomic mass is 16.6. The van der Waals surface area contributed by atoms with E-state index in [0.717, 1.165) is 12.8 Å². The number of nitro benzene ring substituents is 1. The fraction of sp³-hybridized carbons (Fsp3) is 0.259. The summed E-state index contributed by atoms with van der Waals surface area (Å²) in [6.07, 6.45) is 6.99. The number of carbonyl (C=O) groups is 2. The minimum Gasteiger partial charge on any atom is -0.478 e. The fourth-order valence-corrected chi connectivity index (χ4v) is 3.68. The molecule has 7 nitrogen and oxygen atoms in total. The van der Waals surface area contributed by atoms with Crippen molar-refractivity contribution in [1.29, 1.82) is 0 Å². The van der Waals surface area contributed by atoms with E-state index in [0.29, 0.717) is 11.1 Å². The first-order valence-corrected chi connectivity index (χ1v) is 11.3. The lowest BCUT2D eigenvalue weighted by Gasteiger charge is -2.11. The Morgan fingerprint density at radius 3 is 2.21 bits per heavy atom. The smallest absolute Gasteiger partial charge is 0.343 e. The molecule has 0 fully saturated rings. The number of hydrogen-bond donors (Lipinski definition) is 1. The standard InChI is InChI=1S/C27H27NO6/c1-2-3-4-5-6-7-19-8-10-20(11-9-19)25-18-23(16-17-24(25)26(29)30)34-27(31)21-12-14-22(15-13-21)28(32)33/h8-18H,2-7H2,1H3,(H,29,30). The van der Waals surface area contributed by atoms with Crippen molar-refractivity contribution in [3.63, 3.8) is 0 Å². The number of ether oxygens (including phenoxy) is 1. The number of aromatic carboxylic acids is 1. The third-order valence-electron chi connectivity index (χ3n) is 5.58. The minimum absolute atomic E-state index is 0.0995. The van der Waals surface area contributed by atoms with Gasteiger partial charge in [-0.25, -0.2) is 9.59 Å². The van der Waals surface area contributed by atoms with Crippen LogP contribution in [0, 0.1) is 10.1 Å². The number of benzene rings is 3. The van der Waals surface area contributed by atoms with Crippen LogP contribution in [-0.4, -0.2) is 22.0 Å². The number of aryl methyl sites for hydroxylation is 1. The van der Waals surface area contributed by atoms with E-state index in [-0.39, 0.29) is 22.6 Å². The molecule has 3 rings (SSSR count). The molecule has 0 aliphatic heterocycles. The maximum atomic E-state index is 12.5. The molecule has 0 aliphatic carbocycles. The van der Waals surface area contributed by atoms with Crippen LogP contribution in [0.25, 0.3) is 11.1 Å². The van der Waals surface area contributed by atoms with Gasteiger partial charge in [0.2, 0.25) is 0 Å². The number of unbranched alkanes of at least 4 members (excludes halogenated alkanes) is 4. The first kappa shape index (κ1) is 24.6. The van der Waals surface area contributed by atoms with Crippen LogP contribution < -0.4 is 4.74 Å². The Morgan fingerprint density at radius 1 is 0.912 bits per heavy atom. The Bertz CT molecular complexity index is 1150. The van der Waals surface area contributed by atoms with E-state index < -0.39 is 16.9 Å². The second kappa shape index (κ2) is 11.7. The molecule has 1 N–H and O–H groups in total. The molecule has 0 amide bonds. The number of carbonyl (C=O) groups excluding carboxylic acids is 1. The molecule has 3 aromatic carbocycles. The number of nitrogens with zero attached hydrogens (tertiary/aromatic N) is 1. The number of rotatable bonds is 11. The molecule has 0 aromatic heterocycles. The first-order valence-electron chi connectivity index (χ1n) is 11.3. The molecule has 0 heterocycles. The number of non-ortho nitro benzene ring substituents is 1. The van der Waals surface area contributed by atoms with Crippen LogP contribution in [0.2, 0.25) is 0 Å². The van der Waals surface area contributed by atoms with E-state index in [4.69, 9.17) is 4.74 Å². The largest absolute Gasteiger partial charge is 0.478 e. The SMILES string of the molecule is CCCCCCCc1ccc(-c2cc(OC(=O)c3ccc([N+](=O)[O-])cc3)ccc2C(=O)O)cc1. The summed E-state index contributed by atoms with van der Waals surface area (Å²) in [5.41, 5.74) is 2.46. The van der Waals surface area contributed by atoms with Gasteiger partial charge in [0.1, 0.15) is 5.75 Å². The summed E-state index contributed by atoms with van der Waals surface area (Å²) >= 11 is 0. The van der Waals surface area contributed by atoms with Gasteiger partial charge in [0, 0.05) is 12.1 Å². The van der Waals surface area contributed by atoms with Crippen LogP contribution >= 0.6 is 0 Å². The summed E-state index contributed by atoms with van der Waals surface area (Å²) in [5, 5.41) is 20.4. The van der Waals surface area contributed by atoms with Crippen LogP contribution in [-0.2, 0) is 6.42 Å². The van der Waals surface area contributed by atoms with Crippen molar-refractivity contribution in [2.45, 2.75) is 45.4 Å². The van der Waals surface area contributed by atoms with Crippen molar-refractivity contribution in [3.8, 4) is 16.9 Å². The lowest BCUT2D eigenvalue weighted by Crippen LogP contribution is -2.09. The van der Waals surface area contributed by atoms with Crippen molar-refractivity contribution in [2.24, 2.45) is 0 Å². The average Bonchev–Trinajstić information content (AvgIpc) is 2.84. The van der Waals surface area contributed by atoms with E-state index in [1.54, 1.807) is 0 Å². The van der Waals surface area contributed by atoms with Gasteiger partial charge in [-0.15, -0.1) is 0 Å². The maximum Gasteiger partial charge on any atom is 0.343 e. The van der Waals surface area contributed by atoms with Gasteiger partial charge in [0.15, 0.2) is 0 Å². The zero-order valence-electron chi connectivity index (χ0n) is 19.0. The zero-order chi connectivity index (χ0) is 24.5. The molecule has 34 heavy (non-hydrogen) atoms. The molecule has 3 aromatic rings. The van der Waals surface area contributed by atoms with Crippen molar-refractivity contribution in [2.75, 3.05) is 0 Å². The van der Waals surface area contributed by atoms with Gasteiger partial charge >= 0.3 is 11.9 Å². The number of carboxylic acid groups (broad SMARTS) is 1. The van der Waals surface area contributed by atoms with E-state index >= 15 is 0 Å². The van der Waals surface area contributed by atoms with Gasteiger partial charge in [0.05, 0.1) is 16.1 Å². The highest BCUT2D eigenvalue weighted by molar-refractivity contribution is 5.97. The number of esters is 1. The molecular weight excluding hydrogens is 434 g/mol. The average molecular weight is 462 g/mol. The number of hydrogen-bond acceptors (Lipinski definition) is 5. The molecule has 0 saturated heterocycles. The Balaban J connectivity index is 1.76. The van der Waals surface area contributed by atoms with Crippen molar-refractivity contribution >= 4 is 17.6 Å². The van der Waals surface area contributed by atoms with Crippen LogP contribution in [0.3, 0.4) is 0 Å². The Labute approximate surface area is 198 Å². The van der Waals surface area contributed by atoms with E-state index in [1.807, 2.05) is 24.3 Å². The molecule has 0 radical (unpaired) electrons.